The summed E-state index contributed by atoms with van der Waals surface area (Å²) in [5, 5.41) is 26.2. The first-order valence-electron chi connectivity index (χ1n) is 8.95. The van der Waals surface area contributed by atoms with Gasteiger partial charge in [-0.25, -0.2) is 0 Å². The molecule has 8 nitrogen and oxygen atoms in total. The van der Waals surface area contributed by atoms with Crippen LogP contribution in [0, 0.1) is 11.3 Å². The summed E-state index contributed by atoms with van der Waals surface area (Å²) < 4.78 is 0. The number of phenolic OH excluding ortho intramolecular Hbond substituents is 1. The standard InChI is InChI=1S/C21H22N4O4/c1-13(12-22)23-21(29)19(11-15-3-9-18(27)10-4-15)25-20(28)16-5-7-17(8-6-16)24-14(2)26/h3-10,13,19,27H,11H2,1-2H3,(H,23,29)(H,24,26)(H,25,28). The Kier molecular flexibility index (Phi) is 7.32. The zero-order chi connectivity index (χ0) is 21.4. The molecule has 2 atom stereocenters. The van der Waals surface area contributed by atoms with E-state index in [1.54, 1.807) is 24.3 Å². The summed E-state index contributed by atoms with van der Waals surface area (Å²) in [6, 6.07) is 12.8. The van der Waals surface area contributed by atoms with Crippen LogP contribution < -0.4 is 16.0 Å². The van der Waals surface area contributed by atoms with E-state index in [1.807, 2.05) is 6.07 Å². The van der Waals surface area contributed by atoms with Gasteiger partial charge in [-0.2, -0.15) is 5.26 Å². The zero-order valence-corrected chi connectivity index (χ0v) is 16.1. The van der Waals surface area contributed by atoms with Crippen LogP contribution in [0.1, 0.15) is 29.8 Å². The number of carbonyl (C=O) groups excluding carboxylic acids is 3. The molecule has 0 radical (unpaired) electrons. The Labute approximate surface area is 168 Å². The van der Waals surface area contributed by atoms with Crippen LogP contribution in [-0.4, -0.2) is 34.9 Å². The Hall–Kier alpha value is -3.86. The molecule has 2 unspecified atom stereocenters. The van der Waals surface area contributed by atoms with E-state index in [4.69, 9.17) is 5.26 Å². The number of amides is 3. The summed E-state index contributed by atoms with van der Waals surface area (Å²) >= 11 is 0. The number of hydrogen-bond acceptors (Lipinski definition) is 5. The second-order valence-electron chi connectivity index (χ2n) is 6.51. The lowest BCUT2D eigenvalue weighted by atomic mass is 10.0. The van der Waals surface area contributed by atoms with E-state index in [0.29, 0.717) is 11.3 Å². The van der Waals surface area contributed by atoms with Crippen molar-refractivity contribution < 1.29 is 19.5 Å². The Bertz CT molecular complexity index is 917. The van der Waals surface area contributed by atoms with Gasteiger partial charge >= 0.3 is 0 Å². The van der Waals surface area contributed by atoms with Crippen molar-refractivity contribution in [3.63, 3.8) is 0 Å². The van der Waals surface area contributed by atoms with Crippen LogP contribution in [0.15, 0.2) is 48.5 Å². The van der Waals surface area contributed by atoms with Crippen molar-refractivity contribution in [2.24, 2.45) is 0 Å². The summed E-state index contributed by atoms with van der Waals surface area (Å²) in [6.07, 6.45) is 0.181. The van der Waals surface area contributed by atoms with Gasteiger partial charge in [-0.1, -0.05) is 12.1 Å². The van der Waals surface area contributed by atoms with Gasteiger partial charge in [0.05, 0.1) is 6.07 Å². The molecular formula is C21H22N4O4. The summed E-state index contributed by atoms with van der Waals surface area (Å²) in [5.41, 5.74) is 1.60. The molecule has 4 N–H and O–H groups in total. The topological polar surface area (TPSA) is 131 Å². The largest absolute Gasteiger partial charge is 0.508 e. The molecule has 8 heteroatoms. The van der Waals surface area contributed by atoms with E-state index in [2.05, 4.69) is 16.0 Å². The summed E-state index contributed by atoms with van der Waals surface area (Å²) in [4.78, 5) is 36.2. The molecule has 2 rings (SSSR count). The van der Waals surface area contributed by atoms with Crippen LogP contribution >= 0.6 is 0 Å². The number of nitrogens with zero attached hydrogens (tertiary/aromatic N) is 1. The lowest BCUT2D eigenvalue weighted by molar-refractivity contribution is -0.123. The molecule has 0 fully saturated rings. The average molecular weight is 394 g/mol. The average Bonchev–Trinajstić information content (AvgIpc) is 2.69. The van der Waals surface area contributed by atoms with Crippen molar-refractivity contribution in [3.8, 4) is 11.8 Å². The van der Waals surface area contributed by atoms with Gasteiger partial charge in [0.15, 0.2) is 0 Å². The van der Waals surface area contributed by atoms with Gasteiger partial charge in [0.1, 0.15) is 17.8 Å². The van der Waals surface area contributed by atoms with E-state index in [1.165, 1.54) is 38.1 Å². The fraction of sp³-hybridized carbons (Fsp3) is 0.238. The molecule has 0 spiro atoms. The lowest BCUT2D eigenvalue weighted by Crippen LogP contribution is -2.50. The van der Waals surface area contributed by atoms with Gasteiger partial charge in [0, 0.05) is 24.6 Å². The summed E-state index contributed by atoms with van der Waals surface area (Å²) in [7, 11) is 0. The number of benzene rings is 2. The minimum Gasteiger partial charge on any atom is -0.508 e. The van der Waals surface area contributed by atoms with Crippen molar-refractivity contribution in [3.05, 3.63) is 59.7 Å². The molecular weight excluding hydrogens is 372 g/mol. The highest BCUT2D eigenvalue weighted by Gasteiger charge is 2.23. The molecule has 150 valence electrons. The first-order valence-corrected chi connectivity index (χ1v) is 8.95. The number of nitriles is 1. The number of rotatable bonds is 7. The number of hydrogen-bond donors (Lipinski definition) is 4. The van der Waals surface area contributed by atoms with Gasteiger partial charge in [0.2, 0.25) is 11.8 Å². The summed E-state index contributed by atoms with van der Waals surface area (Å²) in [6.45, 7) is 2.92. The predicted octanol–water partition coefficient (Wildman–Crippen LogP) is 1.72. The number of anilines is 1. The molecule has 29 heavy (non-hydrogen) atoms. The SMILES string of the molecule is CC(=O)Nc1ccc(C(=O)NC(Cc2ccc(O)cc2)C(=O)NC(C)C#N)cc1. The van der Waals surface area contributed by atoms with Crippen molar-refractivity contribution in [2.45, 2.75) is 32.4 Å². The van der Waals surface area contributed by atoms with Crippen LogP contribution in [0.2, 0.25) is 0 Å². The smallest absolute Gasteiger partial charge is 0.251 e. The van der Waals surface area contributed by atoms with Crippen molar-refractivity contribution >= 4 is 23.4 Å². The van der Waals surface area contributed by atoms with E-state index in [9.17, 15) is 19.5 Å². The minimum atomic E-state index is -0.919. The lowest BCUT2D eigenvalue weighted by Gasteiger charge is -2.19. The number of carbonyl (C=O) groups is 3. The van der Waals surface area contributed by atoms with Crippen molar-refractivity contribution in [1.29, 1.82) is 5.26 Å². The van der Waals surface area contributed by atoms with E-state index in [0.717, 1.165) is 5.56 Å². The zero-order valence-electron chi connectivity index (χ0n) is 16.1. The highest BCUT2D eigenvalue weighted by atomic mass is 16.3. The van der Waals surface area contributed by atoms with Gasteiger partial charge in [-0.05, 0) is 48.9 Å². The van der Waals surface area contributed by atoms with Crippen LogP contribution in [0.5, 0.6) is 5.75 Å². The molecule has 0 saturated carbocycles. The molecule has 2 aromatic rings. The molecule has 0 aliphatic heterocycles. The Balaban J connectivity index is 2.15. The molecule has 0 heterocycles. The fourth-order valence-electron chi connectivity index (χ4n) is 2.57. The first kappa shape index (κ1) is 21.4. The first-order chi connectivity index (χ1) is 13.8. The van der Waals surface area contributed by atoms with Crippen molar-refractivity contribution in [1.82, 2.24) is 10.6 Å². The van der Waals surface area contributed by atoms with E-state index in [-0.39, 0.29) is 18.1 Å². The number of aromatic hydroxyl groups is 1. The van der Waals surface area contributed by atoms with Gasteiger partial charge < -0.3 is 21.1 Å². The second kappa shape index (κ2) is 9.90. The predicted molar refractivity (Wildman–Crippen MR) is 107 cm³/mol. The van der Waals surface area contributed by atoms with Crippen LogP contribution in [0.25, 0.3) is 0 Å². The summed E-state index contributed by atoms with van der Waals surface area (Å²) in [5.74, 6) is -1.09. The Morgan fingerprint density at radius 2 is 1.66 bits per heavy atom. The number of phenols is 1. The molecule has 0 bridgehead atoms. The molecule has 0 aliphatic carbocycles. The third-order valence-corrected chi connectivity index (χ3v) is 4.02. The molecule has 2 aromatic carbocycles. The van der Waals surface area contributed by atoms with Crippen molar-refractivity contribution in [2.75, 3.05) is 5.32 Å². The van der Waals surface area contributed by atoms with Crippen LogP contribution in [-0.2, 0) is 16.0 Å². The van der Waals surface area contributed by atoms with Gasteiger partial charge in [-0.15, -0.1) is 0 Å². The quantitative estimate of drug-likeness (QED) is 0.568. The van der Waals surface area contributed by atoms with Crippen LogP contribution in [0.3, 0.4) is 0 Å². The highest BCUT2D eigenvalue weighted by molar-refractivity contribution is 5.98. The maximum absolute atomic E-state index is 12.6. The molecule has 3 amide bonds. The Morgan fingerprint density at radius 1 is 1.03 bits per heavy atom. The molecule has 0 aliphatic rings. The third-order valence-electron chi connectivity index (χ3n) is 4.02. The number of nitrogens with one attached hydrogen (secondary N) is 3. The van der Waals surface area contributed by atoms with Gasteiger partial charge in [-0.3, -0.25) is 14.4 Å². The molecule has 0 saturated heterocycles. The third kappa shape index (κ3) is 6.66. The Morgan fingerprint density at radius 3 is 2.21 bits per heavy atom. The maximum atomic E-state index is 12.6. The van der Waals surface area contributed by atoms with E-state index < -0.39 is 23.9 Å². The van der Waals surface area contributed by atoms with Crippen LogP contribution in [0.4, 0.5) is 5.69 Å². The normalized spacial score (nSPS) is 12.2. The van der Waals surface area contributed by atoms with Gasteiger partial charge in [0.25, 0.3) is 5.91 Å². The van der Waals surface area contributed by atoms with E-state index >= 15 is 0 Å². The monoisotopic (exact) mass is 394 g/mol. The highest BCUT2D eigenvalue weighted by Crippen LogP contribution is 2.13. The maximum Gasteiger partial charge on any atom is 0.251 e. The minimum absolute atomic E-state index is 0.0937. The second-order valence-corrected chi connectivity index (χ2v) is 6.51. The fourth-order valence-corrected chi connectivity index (χ4v) is 2.57. The molecule has 0 aromatic heterocycles.